The second-order valence-electron chi connectivity index (χ2n) is 4.96. The van der Waals surface area contributed by atoms with Crippen molar-refractivity contribution < 1.29 is 23.8 Å². The molecule has 0 unspecified atom stereocenters. The highest BCUT2D eigenvalue weighted by Gasteiger charge is 2.23. The van der Waals surface area contributed by atoms with Gasteiger partial charge < -0.3 is 25.7 Å². The highest BCUT2D eigenvalue weighted by molar-refractivity contribution is 5.98. The molecular formula is C16H28N2O5. The highest BCUT2D eigenvalue weighted by Crippen LogP contribution is 2.21. The largest absolute Gasteiger partial charge is 0.379 e. The van der Waals surface area contributed by atoms with E-state index in [9.17, 15) is 9.59 Å². The molecule has 0 aromatic carbocycles. The molecule has 0 aromatic rings. The smallest absolute Gasteiger partial charge is 0.244 e. The highest BCUT2D eigenvalue weighted by atomic mass is 16.5. The predicted octanol–water partition coefficient (Wildman–Crippen LogP) is 0.536. The molecule has 0 spiro atoms. The summed E-state index contributed by atoms with van der Waals surface area (Å²) in [5.74, 6) is -1.98. The third-order valence-corrected chi connectivity index (χ3v) is 3.12. The fourth-order valence-electron chi connectivity index (χ4n) is 1.79. The number of carbonyl (C=O) groups is 2. The lowest BCUT2D eigenvalue weighted by molar-refractivity contribution is -0.115. The molecule has 4 N–H and O–H groups in total. The van der Waals surface area contributed by atoms with Gasteiger partial charge in [-0.2, -0.15) is 0 Å². The number of hydrogen-bond donors (Lipinski definition) is 2. The summed E-state index contributed by atoms with van der Waals surface area (Å²) in [5, 5.41) is 0. The third kappa shape index (κ3) is 9.83. The summed E-state index contributed by atoms with van der Waals surface area (Å²) in [6.45, 7) is 12.2. The second kappa shape index (κ2) is 12.8. The molecule has 0 saturated heterocycles. The normalized spacial score (nSPS) is 10.7. The van der Waals surface area contributed by atoms with Gasteiger partial charge in [0.2, 0.25) is 11.8 Å². The van der Waals surface area contributed by atoms with Gasteiger partial charge in [0, 0.05) is 30.3 Å². The van der Waals surface area contributed by atoms with Crippen molar-refractivity contribution in [1.82, 2.24) is 0 Å². The Morgan fingerprint density at radius 2 is 1.22 bits per heavy atom. The number of ether oxygens (including phenoxy) is 3. The fourth-order valence-corrected chi connectivity index (χ4v) is 1.79. The zero-order chi connectivity index (χ0) is 17.7. The minimum Gasteiger partial charge on any atom is -0.379 e. The first-order valence-electron chi connectivity index (χ1n) is 7.62. The summed E-state index contributed by atoms with van der Waals surface area (Å²) >= 11 is 0. The number of primary amides is 2. The lowest BCUT2D eigenvalue weighted by atomic mass is 9.89. The van der Waals surface area contributed by atoms with Crippen LogP contribution in [-0.2, 0) is 23.8 Å². The van der Waals surface area contributed by atoms with E-state index in [-0.39, 0.29) is 11.1 Å². The second-order valence-corrected chi connectivity index (χ2v) is 4.96. The van der Waals surface area contributed by atoms with Crippen LogP contribution in [0.1, 0.15) is 19.8 Å². The molecular weight excluding hydrogens is 300 g/mol. The number of hydrogen-bond acceptors (Lipinski definition) is 5. The molecule has 0 bridgehead atoms. The minimum absolute atomic E-state index is 0.0988. The first-order chi connectivity index (χ1) is 10.9. The van der Waals surface area contributed by atoms with Crippen molar-refractivity contribution in [1.29, 1.82) is 0 Å². The van der Waals surface area contributed by atoms with Crippen molar-refractivity contribution in [3.8, 4) is 0 Å². The van der Waals surface area contributed by atoms with E-state index in [1.165, 1.54) is 0 Å². The van der Waals surface area contributed by atoms with Crippen LogP contribution in [-0.4, -0.2) is 51.5 Å². The minimum atomic E-state index is -0.687. The molecule has 0 radical (unpaired) electrons. The van der Waals surface area contributed by atoms with Crippen LogP contribution in [0.15, 0.2) is 24.3 Å². The van der Waals surface area contributed by atoms with Gasteiger partial charge in [-0.3, -0.25) is 9.59 Å². The zero-order valence-electron chi connectivity index (χ0n) is 13.8. The van der Waals surface area contributed by atoms with Crippen molar-refractivity contribution in [2.45, 2.75) is 19.8 Å². The van der Waals surface area contributed by atoms with E-state index in [4.69, 9.17) is 25.7 Å². The quantitative estimate of drug-likeness (QED) is 0.336. The predicted molar refractivity (Wildman–Crippen MR) is 87.5 cm³/mol. The number of nitrogens with two attached hydrogens (primary N) is 2. The Balaban J connectivity index is 3.92. The van der Waals surface area contributed by atoms with Crippen molar-refractivity contribution in [2.75, 3.05) is 39.6 Å². The average Bonchev–Trinajstić information content (AvgIpc) is 2.51. The van der Waals surface area contributed by atoms with E-state index in [0.29, 0.717) is 39.5 Å². The van der Waals surface area contributed by atoms with Gasteiger partial charge in [-0.25, -0.2) is 0 Å². The zero-order valence-corrected chi connectivity index (χ0v) is 13.8. The molecule has 7 heteroatoms. The van der Waals surface area contributed by atoms with Gasteiger partial charge in [-0.1, -0.05) is 20.1 Å². The Kier molecular flexibility index (Phi) is 11.9. The van der Waals surface area contributed by atoms with Crippen LogP contribution in [0.3, 0.4) is 0 Å². The van der Waals surface area contributed by atoms with E-state index in [1.807, 2.05) is 6.92 Å². The number of amides is 2. The maximum atomic E-state index is 11.2. The van der Waals surface area contributed by atoms with Gasteiger partial charge in [-0.15, -0.1) is 0 Å². The fraction of sp³-hybridized carbons (Fsp3) is 0.625. The molecule has 23 heavy (non-hydrogen) atoms. The Labute approximate surface area is 137 Å². The Morgan fingerprint density at radius 1 is 0.826 bits per heavy atom. The molecule has 0 heterocycles. The van der Waals surface area contributed by atoms with Crippen LogP contribution in [0.25, 0.3) is 0 Å². The molecule has 0 rings (SSSR count). The molecule has 0 aliphatic heterocycles. The molecule has 132 valence electrons. The van der Waals surface area contributed by atoms with Crippen LogP contribution >= 0.6 is 0 Å². The maximum absolute atomic E-state index is 11.2. The number of carbonyl (C=O) groups excluding carboxylic acids is 2. The van der Waals surface area contributed by atoms with Crippen LogP contribution in [0.5, 0.6) is 0 Å². The molecule has 0 atom stereocenters. The molecule has 7 nitrogen and oxygen atoms in total. The SMILES string of the molecule is C=C(C(N)=O)C(CCOCCOCCOCCC)C(=C)C(N)=O. The van der Waals surface area contributed by atoms with Gasteiger partial charge in [0.1, 0.15) is 0 Å². The Bertz CT molecular complexity index is 383. The van der Waals surface area contributed by atoms with Crippen molar-refractivity contribution in [2.24, 2.45) is 17.4 Å². The van der Waals surface area contributed by atoms with E-state index in [1.54, 1.807) is 0 Å². The van der Waals surface area contributed by atoms with Gasteiger partial charge >= 0.3 is 0 Å². The van der Waals surface area contributed by atoms with E-state index in [2.05, 4.69) is 13.2 Å². The molecule has 0 saturated carbocycles. The summed E-state index contributed by atoms with van der Waals surface area (Å²) in [7, 11) is 0. The molecule has 0 aliphatic rings. The summed E-state index contributed by atoms with van der Waals surface area (Å²) in [6, 6.07) is 0. The maximum Gasteiger partial charge on any atom is 0.244 e. The molecule has 0 aromatic heterocycles. The summed E-state index contributed by atoms with van der Waals surface area (Å²) in [5.41, 5.74) is 10.6. The molecule has 2 amide bonds. The van der Waals surface area contributed by atoms with E-state index in [0.717, 1.165) is 13.0 Å². The van der Waals surface area contributed by atoms with Crippen LogP contribution < -0.4 is 11.5 Å². The van der Waals surface area contributed by atoms with Crippen molar-refractivity contribution in [3.05, 3.63) is 24.3 Å². The van der Waals surface area contributed by atoms with Gasteiger partial charge in [-0.05, 0) is 12.8 Å². The van der Waals surface area contributed by atoms with Crippen LogP contribution in [0, 0.1) is 5.92 Å². The Morgan fingerprint density at radius 3 is 1.61 bits per heavy atom. The molecule has 0 aliphatic carbocycles. The lowest BCUT2D eigenvalue weighted by Gasteiger charge is -2.18. The van der Waals surface area contributed by atoms with Gasteiger partial charge in [0.05, 0.1) is 26.4 Å². The van der Waals surface area contributed by atoms with E-state index < -0.39 is 17.7 Å². The van der Waals surface area contributed by atoms with Crippen molar-refractivity contribution >= 4 is 11.8 Å². The topological polar surface area (TPSA) is 114 Å². The Hall–Kier alpha value is -1.70. The summed E-state index contributed by atoms with van der Waals surface area (Å²) < 4.78 is 16.0. The molecule has 0 fully saturated rings. The monoisotopic (exact) mass is 328 g/mol. The van der Waals surface area contributed by atoms with Crippen molar-refractivity contribution in [3.63, 3.8) is 0 Å². The number of rotatable bonds is 15. The van der Waals surface area contributed by atoms with E-state index >= 15 is 0 Å². The standard InChI is InChI=1S/C16H28N2O5/c1-4-6-21-8-10-23-11-9-22-7-5-14(12(2)15(17)19)13(3)16(18)20/h14H,2-11H2,1H3,(H2,17,19)(H2,18,20). The average molecular weight is 328 g/mol. The third-order valence-electron chi connectivity index (χ3n) is 3.12. The van der Waals surface area contributed by atoms with Gasteiger partial charge in [0.25, 0.3) is 0 Å². The first-order valence-corrected chi connectivity index (χ1v) is 7.62. The van der Waals surface area contributed by atoms with Crippen LogP contribution in [0.4, 0.5) is 0 Å². The van der Waals surface area contributed by atoms with Gasteiger partial charge in [0.15, 0.2) is 0 Å². The first kappa shape index (κ1) is 21.3. The van der Waals surface area contributed by atoms with Crippen LogP contribution in [0.2, 0.25) is 0 Å². The summed E-state index contributed by atoms with van der Waals surface area (Å²) in [4.78, 5) is 22.4. The summed E-state index contributed by atoms with van der Waals surface area (Å²) in [6.07, 6.45) is 1.33. The lowest BCUT2D eigenvalue weighted by Crippen LogP contribution is -2.27.